The Bertz CT molecular complexity index is 692. The van der Waals surface area contributed by atoms with Gasteiger partial charge in [-0.25, -0.2) is 18.0 Å². The standard InChI is InChI=1S/C13H6BrF3O2S/c14-11-7(13(18)19)2-4-10(12(11)17)20-6-1-3-8(15)9(16)5-6/h1-5H,(H,18,19). The Hall–Kier alpha value is -1.47. The minimum absolute atomic E-state index is 0.105. The van der Waals surface area contributed by atoms with Gasteiger partial charge >= 0.3 is 5.97 Å². The summed E-state index contributed by atoms with van der Waals surface area (Å²) in [5.41, 5.74) is -0.211. The molecule has 0 bridgehead atoms. The molecule has 7 heteroatoms. The van der Waals surface area contributed by atoms with Crippen molar-refractivity contribution in [1.82, 2.24) is 0 Å². The first-order chi connectivity index (χ1) is 9.40. The minimum Gasteiger partial charge on any atom is -0.478 e. The van der Waals surface area contributed by atoms with Crippen LogP contribution in [0.25, 0.3) is 0 Å². The molecule has 0 saturated heterocycles. The van der Waals surface area contributed by atoms with E-state index in [2.05, 4.69) is 15.9 Å². The van der Waals surface area contributed by atoms with Gasteiger partial charge in [0.05, 0.1) is 10.0 Å². The normalized spacial score (nSPS) is 10.6. The molecule has 0 aliphatic heterocycles. The van der Waals surface area contributed by atoms with Crippen LogP contribution in [0.15, 0.2) is 44.6 Å². The predicted octanol–water partition coefficient (Wildman–Crippen LogP) is 4.72. The van der Waals surface area contributed by atoms with Crippen molar-refractivity contribution in [2.45, 2.75) is 9.79 Å². The van der Waals surface area contributed by atoms with Crippen LogP contribution in [0.2, 0.25) is 0 Å². The molecule has 2 nitrogen and oxygen atoms in total. The van der Waals surface area contributed by atoms with E-state index >= 15 is 0 Å². The zero-order chi connectivity index (χ0) is 14.9. The Morgan fingerprint density at radius 3 is 2.40 bits per heavy atom. The lowest BCUT2D eigenvalue weighted by atomic mass is 10.2. The van der Waals surface area contributed by atoms with Gasteiger partial charge in [-0.2, -0.15) is 0 Å². The molecule has 0 aliphatic rings. The van der Waals surface area contributed by atoms with E-state index in [9.17, 15) is 18.0 Å². The third-order valence-electron chi connectivity index (χ3n) is 2.40. The molecule has 0 heterocycles. The highest BCUT2D eigenvalue weighted by Crippen LogP contribution is 2.35. The third-order valence-corrected chi connectivity index (χ3v) is 4.20. The van der Waals surface area contributed by atoms with Gasteiger partial charge in [0.1, 0.15) is 0 Å². The zero-order valence-corrected chi connectivity index (χ0v) is 12.1. The minimum atomic E-state index is -1.26. The third kappa shape index (κ3) is 2.99. The van der Waals surface area contributed by atoms with Gasteiger partial charge in [-0.1, -0.05) is 11.8 Å². The summed E-state index contributed by atoms with van der Waals surface area (Å²) in [6.07, 6.45) is 0. The van der Waals surface area contributed by atoms with Crippen molar-refractivity contribution in [3.8, 4) is 0 Å². The van der Waals surface area contributed by atoms with Crippen molar-refractivity contribution < 1.29 is 23.1 Å². The molecule has 2 aromatic rings. The molecule has 0 amide bonds. The lowest BCUT2D eigenvalue weighted by Crippen LogP contribution is -2.00. The van der Waals surface area contributed by atoms with Crippen LogP contribution in [0.4, 0.5) is 13.2 Å². The van der Waals surface area contributed by atoms with Crippen LogP contribution >= 0.6 is 27.7 Å². The summed E-state index contributed by atoms with van der Waals surface area (Å²) < 4.78 is 39.7. The largest absolute Gasteiger partial charge is 0.478 e. The summed E-state index contributed by atoms with van der Waals surface area (Å²) in [4.78, 5) is 11.2. The van der Waals surface area contributed by atoms with E-state index in [4.69, 9.17) is 5.11 Å². The van der Waals surface area contributed by atoms with Crippen molar-refractivity contribution in [2.75, 3.05) is 0 Å². The summed E-state index contributed by atoms with van der Waals surface area (Å²) >= 11 is 3.73. The second kappa shape index (κ2) is 5.88. The Balaban J connectivity index is 2.37. The maximum atomic E-state index is 14.0. The molecule has 0 spiro atoms. The fourth-order valence-electron chi connectivity index (χ4n) is 1.44. The predicted molar refractivity (Wildman–Crippen MR) is 71.5 cm³/mol. The lowest BCUT2D eigenvalue weighted by molar-refractivity contribution is 0.0695. The number of aromatic carboxylic acids is 1. The fraction of sp³-hybridized carbons (Fsp3) is 0. The molecule has 0 radical (unpaired) electrons. The second-order valence-corrected chi connectivity index (χ2v) is 5.63. The first-order valence-electron chi connectivity index (χ1n) is 5.24. The average Bonchev–Trinajstić information content (AvgIpc) is 2.39. The smallest absolute Gasteiger partial charge is 0.336 e. The number of hydrogen-bond donors (Lipinski definition) is 1. The molecule has 0 unspecified atom stereocenters. The van der Waals surface area contributed by atoms with Gasteiger partial charge in [-0.3, -0.25) is 0 Å². The Morgan fingerprint density at radius 2 is 1.80 bits per heavy atom. The molecule has 20 heavy (non-hydrogen) atoms. The molecular formula is C13H6BrF3O2S. The number of benzene rings is 2. The number of carboxylic acids is 1. The van der Waals surface area contributed by atoms with E-state index < -0.39 is 23.4 Å². The summed E-state index contributed by atoms with van der Waals surface area (Å²) in [6, 6.07) is 5.70. The number of halogens is 4. The van der Waals surface area contributed by atoms with E-state index in [1.165, 1.54) is 18.2 Å². The van der Waals surface area contributed by atoms with Crippen molar-refractivity contribution in [3.63, 3.8) is 0 Å². The summed E-state index contributed by atoms with van der Waals surface area (Å²) in [5.74, 6) is -4.05. The molecular weight excluding hydrogens is 357 g/mol. The van der Waals surface area contributed by atoms with Crippen LogP contribution in [-0.4, -0.2) is 11.1 Å². The number of carbonyl (C=O) groups is 1. The SMILES string of the molecule is O=C(O)c1ccc(Sc2ccc(F)c(F)c2)c(F)c1Br. The molecule has 2 rings (SSSR count). The highest BCUT2D eigenvalue weighted by Gasteiger charge is 2.16. The molecule has 104 valence electrons. The van der Waals surface area contributed by atoms with Gasteiger partial charge < -0.3 is 5.11 Å². The number of hydrogen-bond acceptors (Lipinski definition) is 2. The van der Waals surface area contributed by atoms with Gasteiger partial charge in [-0.15, -0.1) is 0 Å². The summed E-state index contributed by atoms with van der Waals surface area (Å²) in [7, 11) is 0. The topological polar surface area (TPSA) is 37.3 Å². The second-order valence-electron chi connectivity index (χ2n) is 3.72. The van der Waals surface area contributed by atoms with Crippen LogP contribution in [0.3, 0.4) is 0 Å². The first kappa shape index (κ1) is 14.9. The molecule has 0 atom stereocenters. The maximum absolute atomic E-state index is 14.0. The van der Waals surface area contributed by atoms with Crippen molar-refractivity contribution in [1.29, 1.82) is 0 Å². The van der Waals surface area contributed by atoms with Gasteiger partial charge in [0.2, 0.25) is 0 Å². The van der Waals surface area contributed by atoms with Crippen molar-refractivity contribution >= 4 is 33.7 Å². The molecule has 0 saturated carbocycles. The molecule has 0 fully saturated rings. The van der Waals surface area contributed by atoms with Crippen LogP contribution in [0, 0.1) is 17.5 Å². The Morgan fingerprint density at radius 1 is 1.10 bits per heavy atom. The molecule has 0 aromatic heterocycles. The van der Waals surface area contributed by atoms with Gasteiger partial charge in [-0.05, 0) is 46.3 Å². The molecule has 1 N–H and O–H groups in total. The van der Waals surface area contributed by atoms with Crippen LogP contribution < -0.4 is 0 Å². The first-order valence-corrected chi connectivity index (χ1v) is 6.85. The van der Waals surface area contributed by atoms with Crippen molar-refractivity contribution in [2.24, 2.45) is 0 Å². The van der Waals surface area contributed by atoms with E-state index in [0.29, 0.717) is 4.90 Å². The molecule has 2 aromatic carbocycles. The average molecular weight is 363 g/mol. The quantitative estimate of drug-likeness (QED) is 0.858. The lowest BCUT2D eigenvalue weighted by Gasteiger charge is -2.07. The Labute approximate surface area is 124 Å². The van der Waals surface area contributed by atoms with E-state index in [-0.39, 0.29) is 14.9 Å². The van der Waals surface area contributed by atoms with E-state index in [1.807, 2.05) is 0 Å². The molecule has 0 aliphatic carbocycles. The summed E-state index contributed by atoms with van der Waals surface area (Å²) in [6.45, 7) is 0. The van der Waals surface area contributed by atoms with Crippen LogP contribution in [0.5, 0.6) is 0 Å². The number of carboxylic acid groups (broad SMARTS) is 1. The monoisotopic (exact) mass is 362 g/mol. The van der Waals surface area contributed by atoms with Crippen molar-refractivity contribution in [3.05, 3.63) is 57.8 Å². The fourth-order valence-corrected chi connectivity index (χ4v) is 2.97. The highest BCUT2D eigenvalue weighted by molar-refractivity contribution is 9.10. The van der Waals surface area contributed by atoms with Gasteiger partial charge in [0.25, 0.3) is 0 Å². The van der Waals surface area contributed by atoms with E-state index in [0.717, 1.165) is 23.9 Å². The van der Waals surface area contributed by atoms with Gasteiger partial charge in [0, 0.05) is 9.79 Å². The summed E-state index contributed by atoms with van der Waals surface area (Å²) in [5, 5.41) is 8.84. The maximum Gasteiger partial charge on any atom is 0.336 e. The Kier molecular flexibility index (Phi) is 4.39. The highest BCUT2D eigenvalue weighted by atomic mass is 79.9. The number of rotatable bonds is 3. The zero-order valence-electron chi connectivity index (χ0n) is 9.66. The van der Waals surface area contributed by atoms with Crippen LogP contribution in [-0.2, 0) is 0 Å². The van der Waals surface area contributed by atoms with E-state index in [1.54, 1.807) is 0 Å². The van der Waals surface area contributed by atoms with Gasteiger partial charge in [0.15, 0.2) is 17.5 Å². The van der Waals surface area contributed by atoms with Crippen LogP contribution in [0.1, 0.15) is 10.4 Å².